The molecule has 2 amide bonds. The first-order valence-corrected chi connectivity index (χ1v) is 13.2. The number of anilines is 1. The highest BCUT2D eigenvalue weighted by atomic mass is 17.3. The summed E-state index contributed by atoms with van der Waals surface area (Å²) in [6.45, 7) is 11.5. The van der Waals surface area contributed by atoms with Gasteiger partial charge in [0.25, 0.3) is 0 Å². The Hall–Kier alpha value is -1.71. The molecule has 4 aliphatic heterocycles. The largest absolute Gasteiger partial charge is 0.352 e. The Kier molecular flexibility index (Phi) is 6.87. The summed E-state index contributed by atoms with van der Waals surface area (Å²) >= 11 is 0. The lowest BCUT2D eigenvalue weighted by Gasteiger charge is -2.60. The minimum Gasteiger partial charge on any atom is -0.352 e. The van der Waals surface area contributed by atoms with Gasteiger partial charge in [-0.25, -0.2) is 14.6 Å². The minimum atomic E-state index is -0.782. The lowest BCUT2D eigenvalue weighted by atomic mass is 9.58. The quantitative estimate of drug-likeness (QED) is 0.431. The topological polar surface area (TPSA) is 87.3 Å². The molecule has 8 heteroatoms. The van der Waals surface area contributed by atoms with Crippen molar-refractivity contribution in [3.63, 3.8) is 0 Å². The fraction of sp³-hybridized carbons (Fsp3) is 0.741. The van der Waals surface area contributed by atoms with Crippen LogP contribution in [0.4, 0.5) is 10.5 Å². The molecule has 2 N–H and O–H groups in total. The number of amides is 2. The molecule has 8 atom stereocenters. The van der Waals surface area contributed by atoms with Crippen molar-refractivity contribution in [3.8, 4) is 0 Å². The molecule has 1 spiro atoms. The summed E-state index contributed by atoms with van der Waals surface area (Å²) in [4.78, 5) is 24.3. The van der Waals surface area contributed by atoms with E-state index in [4.69, 9.17) is 24.0 Å². The molecule has 5 fully saturated rings. The van der Waals surface area contributed by atoms with Crippen LogP contribution in [0.5, 0.6) is 0 Å². The van der Waals surface area contributed by atoms with E-state index >= 15 is 0 Å². The Labute approximate surface area is 208 Å². The van der Waals surface area contributed by atoms with Crippen molar-refractivity contribution in [1.82, 2.24) is 5.32 Å². The van der Waals surface area contributed by atoms with Crippen LogP contribution in [0.25, 0.3) is 0 Å². The zero-order valence-electron chi connectivity index (χ0n) is 21.6. The Morgan fingerprint density at radius 2 is 1.97 bits per heavy atom. The van der Waals surface area contributed by atoms with Gasteiger partial charge in [0.05, 0.1) is 6.61 Å². The molecular formula is C27H40N2O6. The van der Waals surface area contributed by atoms with Crippen LogP contribution in [0.3, 0.4) is 0 Å². The Bertz CT molecular complexity index is 942. The van der Waals surface area contributed by atoms with Gasteiger partial charge in [-0.1, -0.05) is 26.0 Å². The van der Waals surface area contributed by atoms with Crippen molar-refractivity contribution in [3.05, 3.63) is 29.3 Å². The van der Waals surface area contributed by atoms with Gasteiger partial charge in [0.2, 0.25) is 5.79 Å². The van der Waals surface area contributed by atoms with Gasteiger partial charge in [-0.3, -0.25) is 0 Å². The van der Waals surface area contributed by atoms with Crippen LogP contribution in [0.2, 0.25) is 0 Å². The molecule has 5 aliphatic rings. The second-order valence-corrected chi connectivity index (χ2v) is 11.1. The maximum atomic E-state index is 12.3. The summed E-state index contributed by atoms with van der Waals surface area (Å²) in [7, 11) is 0. The summed E-state index contributed by atoms with van der Waals surface area (Å²) in [6.07, 6.45) is 3.84. The van der Waals surface area contributed by atoms with Crippen molar-refractivity contribution in [1.29, 1.82) is 0 Å². The fourth-order valence-corrected chi connectivity index (χ4v) is 6.59. The van der Waals surface area contributed by atoms with E-state index in [0.717, 1.165) is 36.1 Å². The summed E-state index contributed by atoms with van der Waals surface area (Å²) in [5, 5.41) is 5.84. The maximum absolute atomic E-state index is 12.3. The minimum absolute atomic E-state index is 0.149. The lowest BCUT2D eigenvalue weighted by molar-refractivity contribution is -0.577. The molecule has 35 heavy (non-hydrogen) atoms. The molecule has 0 unspecified atom stereocenters. The van der Waals surface area contributed by atoms with Gasteiger partial charge >= 0.3 is 6.03 Å². The molecule has 1 saturated carbocycles. The van der Waals surface area contributed by atoms with E-state index in [0.29, 0.717) is 31.4 Å². The number of hydrogen-bond acceptors (Lipinski definition) is 6. The number of carbonyl (C=O) groups excluding carboxylic acids is 1. The molecule has 1 aromatic rings. The molecular weight excluding hydrogens is 448 g/mol. The number of fused-ring (bicyclic) bond motifs is 2. The third-order valence-corrected chi connectivity index (χ3v) is 8.84. The number of aryl methyl sites for hydroxylation is 1. The third-order valence-electron chi connectivity index (χ3n) is 8.84. The van der Waals surface area contributed by atoms with E-state index in [1.54, 1.807) is 0 Å². The smallest absolute Gasteiger partial charge is 0.319 e. The number of rotatable bonds is 6. The zero-order chi connectivity index (χ0) is 24.8. The molecule has 0 aromatic heterocycles. The van der Waals surface area contributed by atoms with E-state index in [-0.39, 0.29) is 24.2 Å². The van der Waals surface area contributed by atoms with Gasteiger partial charge in [-0.05, 0) is 75.5 Å². The Morgan fingerprint density at radius 1 is 1.14 bits per heavy atom. The molecule has 8 nitrogen and oxygen atoms in total. The van der Waals surface area contributed by atoms with Gasteiger partial charge in [0.1, 0.15) is 0 Å². The predicted octanol–water partition coefficient (Wildman–Crippen LogP) is 5.04. The normalized spacial score (nSPS) is 40.0. The number of benzene rings is 1. The molecule has 4 heterocycles. The highest BCUT2D eigenvalue weighted by Crippen LogP contribution is 2.60. The summed E-state index contributed by atoms with van der Waals surface area (Å²) in [5.41, 5.74) is 2.48. The predicted molar refractivity (Wildman–Crippen MR) is 130 cm³/mol. The number of hydrogen-bond donors (Lipinski definition) is 2. The van der Waals surface area contributed by atoms with Crippen molar-refractivity contribution in [2.75, 3.05) is 18.5 Å². The molecule has 4 saturated heterocycles. The molecule has 2 bridgehead atoms. The second-order valence-electron chi connectivity index (χ2n) is 11.1. The molecule has 194 valence electrons. The van der Waals surface area contributed by atoms with Crippen molar-refractivity contribution >= 4 is 11.7 Å². The molecule has 1 aliphatic carbocycles. The average Bonchev–Trinajstić information content (AvgIpc) is 3.05. The van der Waals surface area contributed by atoms with Gasteiger partial charge in [0.15, 0.2) is 18.2 Å². The van der Waals surface area contributed by atoms with Crippen LogP contribution in [0.1, 0.15) is 64.0 Å². The Morgan fingerprint density at radius 3 is 2.80 bits per heavy atom. The maximum Gasteiger partial charge on any atom is 0.319 e. The van der Waals surface area contributed by atoms with E-state index < -0.39 is 17.7 Å². The summed E-state index contributed by atoms with van der Waals surface area (Å²) in [5.74, 6) is 0.498. The number of urea groups is 1. The van der Waals surface area contributed by atoms with Crippen LogP contribution in [0, 0.1) is 37.5 Å². The number of carbonyl (C=O) groups is 1. The zero-order valence-corrected chi connectivity index (χ0v) is 21.6. The van der Waals surface area contributed by atoms with E-state index in [2.05, 4.69) is 24.5 Å². The number of nitrogens with one attached hydrogen (secondary N) is 2. The van der Waals surface area contributed by atoms with E-state index in [9.17, 15) is 4.79 Å². The average molecular weight is 489 g/mol. The first kappa shape index (κ1) is 25.0. The van der Waals surface area contributed by atoms with Crippen LogP contribution in [-0.2, 0) is 24.0 Å². The summed E-state index contributed by atoms with van der Waals surface area (Å²) in [6, 6.07) is 5.68. The first-order chi connectivity index (χ1) is 16.7. The van der Waals surface area contributed by atoms with Crippen molar-refractivity contribution in [2.45, 2.75) is 90.7 Å². The SMILES string of the molecule is Cc1cccc(NC(=O)NCCCO[C@H]2O[C@@H]3O[C@]4(C)CC[C@H]5[C@H](C)CC[C@@H]([C@H]2C)[C@@]35OO4)c1C. The third kappa shape index (κ3) is 4.48. The van der Waals surface area contributed by atoms with Gasteiger partial charge in [-0.15, -0.1) is 0 Å². The van der Waals surface area contributed by atoms with Gasteiger partial charge in [-0.2, -0.15) is 0 Å². The van der Waals surface area contributed by atoms with Crippen LogP contribution >= 0.6 is 0 Å². The first-order valence-electron chi connectivity index (χ1n) is 13.2. The van der Waals surface area contributed by atoms with Crippen molar-refractivity contribution in [2.24, 2.45) is 23.7 Å². The monoisotopic (exact) mass is 488 g/mol. The summed E-state index contributed by atoms with van der Waals surface area (Å²) < 4.78 is 19.0. The van der Waals surface area contributed by atoms with Crippen molar-refractivity contribution < 1.29 is 28.8 Å². The van der Waals surface area contributed by atoms with E-state index in [1.165, 1.54) is 6.42 Å². The molecule has 0 radical (unpaired) electrons. The molecule has 6 rings (SSSR count). The van der Waals surface area contributed by atoms with Gasteiger partial charge in [0, 0.05) is 30.5 Å². The molecule has 1 aromatic carbocycles. The van der Waals surface area contributed by atoms with Crippen LogP contribution in [0.15, 0.2) is 18.2 Å². The Balaban J connectivity index is 1.15. The van der Waals surface area contributed by atoms with Crippen LogP contribution in [-0.4, -0.2) is 43.2 Å². The standard InChI is InChI=1S/C27H40N2O6/c1-16-8-6-9-22(18(16)3)29-25(30)28-14-7-15-31-23-19(4)21-11-10-17(2)20-12-13-26(5)33-24(32-23)27(20,21)35-34-26/h6,8-9,17,19-21,23-24H,7,10-15H2,1-5H3,(H2,28,29,30)/t17-,19-,20+,21+,23+,24-,26+,27-/m1/s1. The fourth-order valence-electron chi connectivity index (χ4n) is 6.59. The highest BCUT2D eigenvalue weighted by Gasteiger charge is 2.69. The number of ether oxygens (including phenoxy) is 3. The lowest BCUT2D eigenvalue weighted by Crippen LogP contribution is -2.70. The highest BCUT2D eigenvalue weighted by molar-refractivity contribution is 5.90. The van der Waals surface area contributed by atoms with E-state index in [1.807, 2.05) is 39.0 Å². The second kappa shape index (κ2) is 9.63. The van der Waals surface area contributed by atoms with Crippen LogP contribution < -0.4 is 10.6 Å². The van der Waals surface area contributed by atoms with Gasteiger partial charge < -0.3 is 24.8 Å².